The molecule has 0 bridgehead atoms. The summed E-state index contributed by atoms with van der Waals surface area (Å²) >= 11 is 6.99. The van der Waals surface area contributed by atoms with Crippen molar-refractivity contribution in [2.75, 3.05) is 18.2 Å². The molecule has 0 spiro atoms. The largest absolute Gasteiger partial charge is 0.497 e. The van der Waals surface area contributed by atoms with Crippen LogP contribution in [0.4, 0.5) is 5.69 Å². The average Bonchev–Trinajstić information content (AvgIpc) is 3.21. The Hall–Kier alpha value is -3.01. The molecule has 0 aliphatic carbocycles. The highest BCUT2D eigenvalue weighted by Gasteiger charge is 2.25. The zero-order valence-electron chi connectivity index (χ0n) is 19.4. The molecule has 0 saturated heterocycles. The van der Waals surface area contributed by atoms with Crippen LogP contribution in [0.25, 0.3) is 11.0 Å². The van der Waals surface area contributed by atoms with E-state index in [1.165, 1.54) is 36.9 Å². The molecule has 0 saturated carbocycles. The molecule has 0 atom stereocenters. The van der Waals surface area contributed by atoms with E-state index >= 15 is 0 Å². The van der Waals surface area contributed by atoms with Crippen molar-refractivity contribution in [1.29, 1.82) is 0 Å². The number of fused-ring (bicyclic) bond motifs is 1. The first-order valence-corrected chi connectivity index (χ1v) is 13.6. The number of ether oxygens (including phenoxy) is 1. The molecule has 4 rings (SSSR count). The van der Waals surface area contributed by atoms with E-state index in [1.807, 2.05) is 24.3 Å². The van der Waals surface area contributed by atoms with E-state index in [2.05, 4.69) is 24.1 Å². The first-order valence-electron chi connectivity index (χ1n) is 10.8. The number of nitrogens with one attached hydrogen (secondary N) is 1. The fraction of sp³-hybridized carbons (Fsp3) is 0.200. The molecule has 1 N–H and O–H groups in total. The number of hydrogen-bond acceptors (Lipinski definition) is 6. The first-order chi connectivity index (χ1) is 16.7. The van der Waals surface area contributed by atoms with Crippen molar-refractivity contribution in [3.05, 3.63) is 77.3 Å². The number of anilines is 1. The standard InChI is InChI=1S/C25H24ClN3O4S2/c1-16(2)17-4-8-19(9-5-17)27-24(30)15-34-25-28-22-13-10-20(33-3)14-23(22)29(25)35(31,32)21-11-6-18(26)7-12-21/h4-14,16H,15H2,1-3H3,(H,27,30). The zero-order chi connectivity index (χ0) is 25.2. The number of halogens is 1. The first kappa shape index (κ1) is 25.1. The molecule has 4 aromatic rings. The summed E-state index contributed by atoms with van der Waals surface area (Å²) in [6.45, 7) is 4.20. The second kappa shape index (κ2) is 10.3. The van der Waals surface area contributed by atoms with Crippen molar-refractivity contribution in [3.63, 3.8) is 0 Å². The van der Waals surface area contributed by atoms with Crippen LogP contribution in [0, 0.1) is 0 Å². The Morgan fingerprint density at radius 3 is 2.40 bits per heavy atom. The Morgan fingerprint density at radius 2 is 1.77 bits per heavy atom. The predicted molar refractivity (Wildman–Crippen MR) is 140 cm³/mol. The molecule has 0 radical (unpaired) electrons. The average molecular weight is 530 g/mol. The lowest BCUT2D eigenvalue weighted by Crippen LogP contribution is -2.17. The summed E-state index contributed by atoms with van der Waals surface area (Å²) in [5, 5.41) is 3.44. The lowest BCUT2D eigenvalue weighted by atomic mass is 10.0. The fourth-order valence-corrected chi connectivity index (χ4v) is 6.08. The van der Waals surface area contributed by atoms with E-state index in [0.29, 0.717) is 33.4 Å². The Balaban J connectivity index is 1.64. The number of methoxy groups -OCH3 is 1. The van der Waals surface area contributed by atoms with Gasteiger partial charge in [0.1, 0.15) is 5.75 Å². The van der Waals surface area contributed by atoms with Crippen molar-refractivity contribution in [2.45, 2.75) is 29.8 Å². The maximum absolute atomic E-state index is 13.6. The molecule has 1 aromatic heterocycles. The number of carbonyl (C=O) groups excluding carboxylic acids is 1. The van der Waals surface area contributed by atoms with Gasteiger partial charge in [0.2, 0.25) is 5.91 Å². The van der Waals surface area contributed by atoms with Gasteiger partial charge in [-0.15, -0.1) is 0 Å². The van der Waals surface area contributed by atoms with Crippen LogP contribution in [0.2, 0.25) is 5.02 Å². The topological polar surface area (TPSA) is 90.3 Å². The van der Waals surface area contributed by atoms with Gasteiger partial charge < -0.3 is 10.1 Å². The van der Waals surface area contributed by atoms with Crippen LogP contribution in [-0.2, 0) is 14.8 Å². The third kappa shape index (κ3) is 5.47. The van der Waals surface area contributed by atoms with Crippen LogP contribution in [0.1, 0.15) is 25.3 Å². The van der Waals surface area contributed by atoms with Gasteiger partial charge in [0.25, 0.3) is 10.0 Å². The van der Waals surface area contributed by atoms with Gasteiger partial charge in [-0.1, -0.05) is 49.3 Å². The van der Waals surface area contributed by atoms with Gasteiger partial charge in [0.15, 0.2) is 5.16 Å². The SMILES string of the molecule is COc1ccc2nc(SCC(=O)Nc3ccc(C(C)C)cc3)n(S(=O)(=O)c3ccc(Cl)cc3)c2c1. The number of carbonyl (C=O) groups is 1. The van der Waals surface area contributed by atoms with E-state index < -0.39 is 10.0 Å². The Labute approximate surface area is 213 Å². The molecule has 1 amide bonds. The summed E-state index contributed by atoms with van der Waals surface area (Å²) in [7, 11) is -2.52. The van der Waals surface area contributed by atoms with Gasteiger partial charge in [-0.2, -0.15) is 0 Å². The number of amides is 1. The molecule has 10 heteroatoms. The maximum Gasteiger partial charge on any atom is 0.270 e. The molecule has 0 unspecified atom stereocenters. The van der Waals surface area contributed by atoms with Gasteiger partial charge in [0.05, 0.1) is 28.8 Å². The van der Waals surface area contributed by atoms with Crippen molar-refractivity contribution in [2.24, 2.45) is 0 Å². The van der Waals surface area contributed by atoms with Crippen LogP contribution in [0.3, 0.4) is 0 Å². The minimum atomic E-state index is -4.03. The highest BCUT2D eigenvalue weighted by molar-refractivity contribution is 8.00. The third-order valence-electron chi connectivity index (χ3n) is 5.34. The van der Waals surface area contributed by atoms with Gasteiger partial charge in [-0.25, -0.2) is 17.4 Å². The van der Waals surface area contributed by atoms with Crippen LogP contribution in [0.5, 0.6) is 5.75 Å². The monoisotopic (exact) mass is 529 g/mol. The van der Waals surface area contributed by atoms with Gasteiger partial charge >= 0.3 is 0 Å². The molecular formula is C25H24ClN3O4S2. The van der Waals surface area contributed by atoms with Gasteiger partial charge in [-0.05, 0) is 60.0 Å². The smallest absolute Gasteiger partial charge is 0.270 e. The zero-order valence-corrected chi connectivity index (χ0v) is 21.7. The van der Waals surface area contributed by atoms with E-state index in [9.17, 15) is 13.2 Å². The number of nitrogens with zero attached hydrogens (tertiary/aromatic N) is 2. The van der Waals surface area contributed by atoms with Crippen molar-refractivity contribution >= 4 is 56.0 Å². The molecule has 0 fully saturated rings. The summed E-state index contributed by atoms with van der Waals surface area (Å²) in [5.74, 6) is 0.587. The quantitative estimate of drug-likeness (QED) is 0.290. The summed E-state index contributed by atoms with van der Waals surface area (Å²) < 4.78 is 33.6. The van der Waals surface area contributed by atoms with Crippen molar-refractivity contribution in [3.8, 4) is 5.75 Å². The summed E-state index contributed by atoms with van der Waals surface area (Å²) in [4.78, 5) is 17.2. The second-order valence-corrected chi connectivity index (χ2v) is 11.3. The van der Waals surface area contributed by atoms with E-state index in [-0.39, 0.29) is 21.7 Å². The minimum Gasteiger partial charge on any atom is -0.497 e. The minimum absolute atomic E-state index is 0.0253. The lowest BCUT2D eigenvalue weighted by Gasteiger charge is -2.11. The van der Waals surface area contributed by atoms with E-state index in [4.69, 9.17) is 16.3 Å². The highest BCUT2D eigenvalue weighted by atomic mass is 35.5. The number of hydrogen-bond donors (Lipinski definition) is 1. The fourth-order valence-electron chi connectivity index (χ4n) is 3.45. The Morgan fingerprint density at radius 1 is 1.09 bits per heavy atom. The summed E-state index contributed by atoms with van der Waals surface area (Å²) in [6, 6.07) is 18.5. The normalized spacial score (nSPS) is 11.7. The number of imidazole rings is 1. The molecule has 0 aliphatic rings. The highest BCUT2D eigenvalue weighted by Crippen LogP contribution is 2.31. The Kier molecular flexibility index (Phi) is 7.39. The van der Waals surface area contributed by atoms with Gasteiger partial charge in [-0.3, -0.25) is 4.79 Å². The van der Waals surface area contributed by atoms with Crippen LogP contribution < -0.4 is 10.1 Å². The summed E-state index contributed by atoms with van der Waals surface area (Å²) in [6.07, 6.45) is 0. The Bertz CT molecular complexity index is 1470. The van der Waals surface area contributed by atoms with E-state index in [0.717, 1.165) is 15.7 Å². The molecular weight excluding hydrogens is 506 g/mol. The molecule has 1 heterocycles. The van der Waals surface area contributed by atoms with E-state index in [1.54, 1.807) is 18.2 Å². The molecule has 0 aliphatic heterocycles. The summed E-state index contributed by atoms with van der Waals surface area (Å²) in [5.41, 5.74) is 2.67. The second-order valence-electron chi connectivity index (χ2n) is 8.09. The van der Waals surface area contributed by atoms with Crippen LogP contribution in [-0.4, -0.2) is 36.1 Å². The maximum atomic E-state index is 13.6. The van der Waals surface area contributed by atoms with Crippen molar-refractivity contribution in [1.82, 2.24) is 8.96 Å². The number of aromatic nitrogens is 2. The lowest BCUT2D eigenvalue weighted by molar-refractivity contribution is -0.113. The number of benzene rings is 3. The molecule has 3 aromatic carbocycles. The van der Waals surface area contributed by atoms with Crippen molar-refractivity contribution < 1.29 is 17.9 Å². The van der Waals surface area contributed by atoms with Crippen LogP contribution >= 0.6 is 23.4 Å². The molecule has 7 nitrogen and oxygen atoms in total. The number of rotatable bonds is 8. The molecule has 35 heavy (non-hydrogen) atoms. The third-order valence-corrected chi connectivity index (χ3v) is 8.36. The van der Waals surface area contributed by atoms with Crippen LogP contribution in [0.15, 0.2) is 76.8 Å². The number of thioether (sulfide) groups is 1. The molecule has 182 valence electrons. The predicted octanol–water partition coefficient (Wildman–Crippen LogP) is 5.79. The van der Waals surface area contributed by atoms with Gasteiger partial charge in [0, 0.05) is 16.8 Å².